The van der Waals surface area contributed by atoms with Gasteiger partial charge in [0.15, 0.2) is 5.82 Å². The van der Waals surface area contributed by atoms with E-state index < -0.39 is 0 Å². The molecule has 2 N–H and O–H groups in total. The number of hydrogen-bond acceptors (Lipinski definition) is 6. The molecule has 1 heterocycles. The number of halogens is 1. The van der Waals surface area contributed by atoms with Gasteiger partial charge in [0, 0.05) is 35.2 Å². The minimum atomic E-state index is 0.430. The van der Waals surface area contributed by atoms with Crippen molar-refractivity contribution in [1.29, 1.82) is 0 Å². The van der Waals surface area contributed by atoms with Crippen LogP contribution >= 0.6 is 11.6 Å². The molecule has 3 rings (SSSR count). The first-order valence-electron chi connectivity index (χ1n) is 8.52. The average molecular weight is 369 g/mol. The summed E-state index contributed by atoms with van der Waals surface area (Å²) in [6.07, 6.45) is 1.57. The van der Waals surface area contributed by atoms with E-state index in [1.807, 2.05) is 36.4 Å². The quantitative estimate of drug-likeness (QED) is 0.621. The standard InChI is InChI=1S/C19H21ClN6/c1-3-26(4-2)17-11-9-16(10-12-17)23-19-24-18(13-21-25-19)22-15-7-5-14(20)6-8-15/h5-13H,3-4H2,1-2H3,(H2,22,23,24,25). The van der Waals surface area contributed by atoms with Gasteiger partial charge < -0.3 is 15.5 Å². The van der Waals surface area contributed by atoms with Gasteiger partial charge in [-0.05, 0) is 62.4 Å². The van der Waals surface area contributed by atoms with E-state index in [0.29, 0.717) is 16.8 Å². The summed E-state index contributed by atoms with van der Waals surface area (Å²) in [7, 11) is 0. The molecule has 0 unspecified atom stereocenters. The lowest BCUT2D eigenvalue weighted by atomic mass is 10.2. The molecule has 0 radical (unpaired) electrons. The van der Waals surface area contributed by atoms with Crippen molar-refractivity contribution in [2.75, 3.05) is 28.6 Å². The van der Waals surface area contributed by atoms with E-state index in [-0.39, 0.29) is 0 Å². The third-order valence-electron chi connectivity index (χ3n) is 3.93. The topological polar surface area (TPSA) is 66.0 Å². The largest absolute Gasteiger partial charge is 0.372 e. The van der Waals surface area contributed by atoms with Crippen LogP contribution in [-0.2, 0) is 0 Å². The number of anilines is 5. The smallest absolute Gasteiger partial charge is 0.249 e. The number of nitrogens with zero attached hydrogens (tertiary/aromatic N) is 4. The summed E-state index contributed by atoms with van der Waals surface area (Å²) in [4.78, 5) is 6.73. The molecule has 0 aliphatic rings. The van der Waals surface area contributed by atoms with E-state index in [1.54, 1.807) is 6.20 Å². The first-order valence-corrected chi connectivity index (χ1v) is 8.90. The van der Waals surface area contributed by atoms with Gasteiger partial charge in [-0.1, -0.05) is 11.6 Å². The predicted octanol–water partition coefficient (Wildman–Crippen LogP) is 4.86. The lowest BCUT2D eigenvalue weighted by Gasteiger charge is -2.21. The summed E-state index contributed by atoms with van der Waals surface area (Å²) in [6.45, 7) is 6.26. The van der Waals surface area contributed by atoms with E-state index in [4.69, 9.17) is 11.6 Å². The second kappa shape index (κ2) is 8.49. The predicted molar refractivity (Wildman–Crippen MR) is 108 cm³/mol. The summed E-state index contributed by atoms with van der Waals surface area (Å²) in [5.74, 6) is 1.03. The lowest BCUT2D eigenvalue weighted by molar-refractivity contribution is 0.866. The minimum absolute atomic E-state index is 0.430. The molecule has 0 amide bonds. The fraction of sp³-hybridized carbons (Fsp3) is 0.211. The highest BCUT2D eigenvalue weighted by molar-refractivity contribution is 6.30. The zero-order valence-electron chi connectivity index (χ0n) is 14.8. The molecule has 26 heavy (non-hydrogen) atoms. The van der Waals surface area contributed by atoms with Crippen LogP contribution in [0.5, 0.6) is 0 Å². The molecule has 0 saturated carbocycles. The number of aromatic nitrogens is 3. The second-order valence-electron chi connectivity index (χ2n) is 5.64. The van der Waals surface area contributed by atoms with Crippen LogP contribution in [0.15, 0.2) is 54.7 Å². The Bertz CT molecular complexity index is 831. The summed E-state index contributed by atoms with van der Waals surface area (Å²) in [6, 6.07) is 15.6. The van der Waals surface area contributed by atoms with E-state index in [2.05, 4.69) is 56.7 Å². The Kier molecular flexibility index (Phi) is 5.86. The first-order chi connectivity index (χ1) is 12.7. The zero-order valence-corrected chi connectivity index (χ0v) is 15.5. The third-order valence-corrected chi connectivity index (χ3v) is 4.18. The summed E-state index contributed by atoms with van der Waals surface area (Å²) >= 11 is 5.90. The van der Waals surface area contributed by atoms with Crippen molar-refractivity contribution in [1.82, 2.24) is 15.2 Å². The molecule has 6 nitrogen and oxygen atoms in total. The Morgan fingerprint density at radius 1 is 0.885 bits per heavy atom. The van der Waals surface area contributed by atoms with Crippen LogP contribution in [0.25, 0.3) is 0 Å². The van der Waals surface area contributed by atoms with Crippen molar-refractivity contribution < 1.29 is 0 Å². The van der Waals surface area contributed by atoms with Gasteiger partial charge in [-0.15, -0.1) is 5.10 Å². The molecule has 134 valence electrons. The Balaban J connectivity index is 1.69. The van der Waals surface area contributed by atoms with Gasteiger partial charge in [0.05, 0.1) is 6.20 Å². The Morgan fingerprint density at radius 2 is 1.50 bits per heavy atom. The molecule has 0 atom stereocenters. The summed E-state index contributed by atoms with van der Waals surface area (Å²) < 4.78 is 0. The number of benzene rings is 2. The maximum Gasteiger partial charge on any atom is 0.249 e. The van der Waals surface area contributed by atoms with Crippen LogP contribution in [-0.4, -0.2) is 28.3 Å². The van der Waals surface area contributed by atoms with Crippen molar-refractivity contribution in [3.8, 4) is 0 Å². The van der Waals surface area contributed by atoms with Crippen molar-refractivity contribution in [2.45, 2.75) is 13.8 Å². The van der Waals surface area contributed by atoms with Crippen molar-refractivity contribution in [3.63, 3.8) is 0 Å². The monoisotopic (exact) mass is 368 g/mol. The van der Waals surface area contributed by atoms with Crippen LogP contribution in [0.2, 0.25) is 5.02 Å². The van der Waals surface area contributed by atoms with Crippen molar-refractivity contribution in [3.05, 3.63) is 59.8 Å². The molecule has 0 bridgehead atoms. The number of hydrogen-bond donors (Lipinski definition) is 2. The normalized spacial score (nSPS) is 10.4. The number of rotatable bonds is 7. The van der Waals surface area contributed by atoms with Crippen LogP contribution in [0, 0.1) is 0 Å². The van der Waals surface area contributed by atoms with Gasteiger partial charge in [-0.3, -0.25) is 0 Å². The van der Waals surface area contributed by atoms with Crippen LogP contribution in [0.4, 0.5) is 28.8 Å². The molecule has 0 aliphatic heterocycles. The molecule has 3 aromatic rings. The van der Waals surface area contributed by atoms with Gasteiger partial charge >= 0.3 is 0 Å². The molecule has 0 aliphatic carbocycles. The van der Waals surface area contributed by atoms with Crippen molar-refractivity contribution in [2.24, 2.45) is 0 Å². The molecule has 0 saturated heterocycles. The van der Waals surface area contributed by atoms with Gasteiger partial charge in [0.25, 0.3) is 0 Å². The molecule has 1 aromatic heterocycles. The lowest BCUT2D eigenvalue weighted by Crippen LogP contribution is -2.21. The SMILES string of the molecule is CCN(CC)c1ccc(Nc2nncc(Nc3ccc(Cl)cc3)n2)cc1. The Labute approximate surface area is 158 Å². The van der Waals surface area contributed by atoms with E-state index in [9.17, 15) is 0 Å². The average Bonchev–Trinajstić information content (AvgIpc) is 2.66. The highest BCUT2D eigenvalue weighted by Gasteiger charge is 2.04. The van der Waals surface area contributed by atoms with E-state index in [0.717, 1.165) is 24.5 Å². The number of nitrogens with one attached hydrogen (secondary N) is 2. The van der Waals surface area contributed by atoms with Crippen LogP contribution in [0.1, 0.15) is 13.8 Å². The molecular weight excluding hydrogens is 348 g/mol. The Morgan fingerprint density at radius 3 is 2.15 bits per heavy atom. The van der Waals surface area contributed by atoms with Crippen LogP contribution in [0.3, 0.4) is 0 Å². The van der Waals surface area contributed by atoms with E-state index in [1.165, 1.54) is 5.69 Å². The van der Waals surface area contributed by atoms with Crippen LogP contribution < -0.4 is 15.5 Å². The third kappa shape index (κ3) is 4.61. The molecule has 7 heteroatoms. The maximum absolute atomic E-state index is 5.90. The molecule has 0 fully saturated rings. The molecular formula is C19H21ClN6. The second-order valence-corrected chi connectivity index (χ2v) is 6.08. The summed E-state index contributed by atoms with van der Waals surface area (Å²) in [5.41, 5.74) is 2.98. The van der Waals surface area contributed by atoms with Crippen molar-refractivity contribution >= 4 is 40.4 Å². The molecule has 0 spiro atoms. The maximum atomic E-state index is 5.90. The zero-order chi connectivity index (χ0) is 18.4. The molecule has 2 aromatic carbocycles. The first kappa shape index (κ1) is 17.9. The van der Waals surface area contributed by atoms with Gasteiger partial charge in [0.1, 0.15) is 0 Å². The highest BCUT2D eigenvalue weighted by Crippen LogP contribution is 2.21. The highest BCUT2D eigenvalue weighted by atomic mass is 35.5. The Hall–Kier alpha value is -2.86. The van der Waals surface area contributed by atoms with Gasteiger partial charge in [-0.25, -0.2) is 0 Å². The van der Waals surface area contributed by atoms with Gasteiger partial charge in [-0.2, -0.15) is 10.1 Å². The summed E-state index contributed by atoms with van der Waals surface area (Å²) in [5, 5.41) is 15.1. The fourth-order valence-electron chi connectivity index (χ4n) is 2.57. The van der Waals surface area contributed by atoms with E-state index >= 15 is 0 Å². The minimum Gasteiger partial charge on any atom is -0.372 e. The fourth-order valence-corrected chi connectivity index (χ4v) is 2.70. The van der Waals surface area contributed by atoms with Gasteiger partial charge in [0.2, 0.25) is 5.95 Å².